The maximum Gasteiger partial charge on any atom is 0.191 e. The molecule has 0 saturated heterocycles. The highest BCUT2D eigenvalue weighted by molar-refractivity contribution is 14.0. The molecule has 0 aliphatic heterocycles. The van der Waals surface area contributed by atoms with Crippen LogP contribution in [0.5, 0.6) is 0 Å². The fourth-order valence-electron chi connectivity index (χ4n) is 2.30. The van der Waals surface area contributed by atoms with Gasteiger partial charge in [0.15, 0.2) is 5.96 Å². The first kappa shape index (κ1) is 21.5. The molecule has 8 heteroatoms. The monoisotopic (exact) mass is 461 g/mol. The molecule has 2 unspecified atom stereocenters. The Morgan fingerprint density at radius 2 is 2.24 bits per heavy atom. The number of aromatic nitrogens is 2. The van der Waals surface area contributed by atoms with Crippen LogP contribution in [0.2, 0.25) is 0 Å². The van der Waals surface area contributed by atoms with E-state index < -0.39 is 5.60 Å². The predicted octanol–water partition coefficient (Wildman–Crippen LogP) is 2.19. The van der Waals surface area contributed by atoms with E-state index in [0.29, 0.717) is 17.6 Å². The van der Waals surface area contributed by atoms with Crippen LogP contribution in [0.3, 0.4) is 0 Å². The number of guanidine groups is 1. The molecule has 0 aromatic carbocycles. The maximum atomic E-state index is 10.5. The number of hydrogen-bond donors (Lipinski definition) is 3. The van der Waals surface area contributed by atoms with Crippen molar-refractivity contribution in [2.24, 2.45) is 10.9 Å². The van der Waals surface area contributed by atoms with E-state index in [1.807, 2.05) is 23.9 Å². The van der Waals surface area contributed by atoms with Gasteiger partial charge in [-0.3, -0.25) is 4.68 Å². The molecule has 0 aliphatic rings. The lowest BCUT2D eigenvalue weighted by molar-refractivity contribution is 0.0437. The first-order valence-electron chi connectivity index (χ1n) is 8.27. The third-order valence-corrected chi connectivity index (χ3v) is 3.62. The minimum Gasteiger partial charge on any atom is -0.466 e. The smallest absolute Gasteiger partial charge is 0.191 e. The van der Waals surface area contributed by atoms with E-state index in [2.05, 4.69) is 27.6 Å². The lowest BCUT2D eigenvalue weighted by Gasteiger charge is -2.20. The Labute approximate surface area is 165 Å². The number of furan rings is 1. The lowest BCUT2D eigenvalue weighted by atomic mass is 10.0. The Hall–Kier alpha value is -1.55. The van der Waals surface area contributed by atoms with Crippen LogP contribution in [0.15, 0.2) is 46.3 Å². The van der Waals surface area contributed by atoms with Gasteiger partial charge >= 0.3 is 0 Å². The molecule has 7 nitrogen and oxygen atoms in total. The van der Waals surface area contributed by atoms with Crippen LogP contribution < -0.4 is 10.6 Å². The van der Waals surface area contributed by atoms with Crippen LogP contribution in [0.1, 0.15) is 26.5 Å². The minimum atomic E-state index is -1.13. The van der Waals surface area contributed by atoms with Gasteiger partial charge in [-0.15, -0.1) is 24.0 Å². The van der Waals surface area contributed by atoms with Crippen LogP contribution in [0.4, 0.5) is 0 Å². The van der Waals surface area contributed by atoms with E-state index in [0.717, 1.165) is 19.6 Å². The molecular weight excluding hydrogens is 433 g/mol. The van der Waals surface area contributed by atoms with Gasteiger partial charge in [0.1, 0.15) is 11.4 Å². The third-order valence-electron chi connectivity index (χ3n) is 3.62. The van der Waals surface area contributed by atoms with Crippen molar-refractivity contribution in [1.82, 2.24) is 20.4 Å². The van der Waals surface area contributed by atoms with Gasteiger partial charge in [0, 0.05) is 32.0 Å². The molecule has 25 heavy (non-hydrogen) atoms. The normalized spacial score (nSPS) is 15.1. The molecule has 3 N–H and O–H groups in total. The zero-order chi connectivity index (χ0) is 17.4. The van der Waals surface area contributed by atoms with Gasteiger partial charge in [0.25, 0.3) is 0 Å². The number of rotatable bonds is 8. The molecular formula is C17H28IN5O2. The molecule has 2 rings (SSSR count). The number of hydrogen-bond acceptors (Lipinski definition) is 4. The molecule has 2 heterocycles. The fourth-order valence-corrected chi connectivity index (χ4v) is 2.30. The molecule has 0 amide bonds. The van der Waals surface area contributed by atoms with Gasteiger partial charge in [-0.25, -0.2) is 4.99 Å². The fraction of sp³-hybridized carbons (Fsp3) is 0.529. The van der Waals surface area contributed by atoms with Crippen molar-refractivity contribution < 1.29 is 9.52 Å². The van der Waals surface area contributed by atoms with Crippen molar-refractivity contribution in [2.45, 2.75) is 32.9 Å². The topological polar surface area (TPSA) is 87.6 Å². The number of nitrogens with zero attached hydrogens (tertiary/aromatic N) is 3. The Kier molecular flexibility index (Phi) is 8.98. The molecule has 0 fully saturated rings. The summed E-state index contributed by atoms with van der Waals surface area (Å²) in [4.78, 5) is 4.47. The van der Waals surface area contributed by atoms with Crippen LogP contribution >= 0.6 is 24.0 Å². The van der Waals surface area contributed by atoms with Crippen LogP contribution in [0, 0.1) is 5.92 Å². The largest absolute Gasteiger partial charge is 0.466 e. The minimum absolute atomic E-state index is 0. The standard InChI is InChI=1S/C17H27N5O2.HI/c1-4-18-16(19-11-14(2)12-22-9-6-8-21-22)20-13-17(3,23)15-7-5-10-24-15;/h5-10,14,23H,4,11-13H2,1-3H3,(H2,18,19,20);1H. The average Bonchev–Trinajstić information content (AvgIpc) is 3.23. The number of nitrogens with one attached hydrogen (secondary N) is 2. The average molecular weight is 461 g/mol. The number of aliphatic imine (C=N–C) groups is 1. The summed E-state index contributed by atoms with van der Waals surface area (Å²) in [6.45, 7) is 8.41. The Bertz CT molecular complexity index is 611. The van der Waals surface area contributed by atoms with E-state index in [4.69, 9.17) is 4.42 Å². The quantitative estimate of drug-likeness (QED) is 0.319. The molecule has 0 aliphatic carbocycles. The first-order valence-corrected chi connectivity index (χ1v) is 8.27. The predicted molar refractivity (Wildman–Crippen MR) is 109 cm³/mol. The van der Waals surface area contributed by atoms with Crippen molar-refractivity contribution in [1.29, 1.82) is 0 Å². The molecule has 0 saturated carbocycles. The molecule has 2 aromatic heterocycles. The van der Waals surface area contributed by atoms with Gasteiger partial charge in [-0.05, 0) is 38.0 Å². The zero-order valence-corrected chi connectivity index (χ0v) is 17.3. The Balaban J connectivity index is 0.00000312. The van der Waals surface area contributed by atoms with Gasteiger partial charge in [0.05, 0.1) is 12.8 Å². The van der Waals surface area contributed by atoms with Gasteiger partial charge in [-0.2, -0.15) is 5.10 Å². The summed E-state index contributed by atoms with van der Waals surface area (Å²) in [5.41, 5.74) is -1.13. The summed E-state index contributed by atoms with van der Waals surface area (Å²) in [5.74, 6) is 1.57. The third kappa shape index (κ3) is 7.07. The SMILES string of the molecule is CCNC(=NCC(C)(O)c1ccco1)NCC(C)Cn1cccn1.I. The van der Waals surface area contributed by atoms with Crippen molar-refractivity contribution in [3.63, 3.8) is 0 Å². The second kappa shape index (κ2) is 10.4. The van der Waals surface area contributed by atoms with E-state index in [-0.39, 0.29) is 30.5 Å². The Morgan fingerprint density at radius 1 is 1.44 bits per heavy atom. The molecule has 2 atom stereocenters. The van der Waals surface area contributed by atoms with E-state index in [1.54, 1.807) is 31.5 Å². The molecule has 2 aromatic rings. The van der Waals surface area contributed by atoms with Crippen molar-refractivity contribution in [3.8, 4) is 0 Å². The second-order valence-corrected chi connectivity index (χ2v) is 6.16. The summed E-state index contributed by atoms with van der Waals surface area (Å²) in [6.07, 6.45) is 5.28. The molecule has 140 valence electrons. The number of aliphatic hydroxyl groups is 1. The van der Waals surface area contributed by atoms with E-state index >= 15 is 0 Å². The second-order valence-electron chi connectivity index (χ2n) is 6.16. The summed E-state index contributed by atoms with van der Waals surface area (Å²) in [5, 5.41) is 21.2. The van der Waals surface area contributed by atoms with Crippen molar-refractivity contribution in [2.75, 3.05) is 19.6 Å². The zero-order valence-electron chi connectivity index (χ0n) is 15.0. The van der Waals surface area contributed by atoms with E-state index in [1.165, 1.54) is 0 Å². The van der Waals surface area contributed by atoms with Gasteiger partial charge < -0.3 is 20.2 Å². The summed E-state index contributed by atoms with van der Waals surface area (Å²) >= 11 is 0. The first-order chi connectivity index (χ1) is 11.5. The van der Waals surface area contributed by atoms with Crippen molar-refractivity contribution >= 4 is 29.9 Å². The molecule has 0 radical (unpaired) electrons. The van der Waals surface area contributed by atoms with E-state index in [9.17, 15) is 5.11 Å². The summed E-state index contributed by atoms with van der Waals surface area (Å²) in [7, 11) is 0. The highest BCUT2D eigenvalue weighted by Crippen LogP contribution is 2.20. The molecule has 0 bridgehead atoms. The van der Waals surface area contributed by atoms with Crippen LogP contribution in [0.25, 0.3) is 0 Å². The lowest BCUT2D eigenvalue weighted by Crippen LogP contribution is -2.41. The van der Waals surface area contributed by atoms with Crippen molar-refractivity contribution in [3.05, 3.63) is 42.6 Å². The highest BCUT2D eigenvalue weighted by Gasteiger charge is 2.26. The van der Waals surface area contributed by atoms with Gasteiger partial charge in [0.2, 0.25) is 0 Å². The summed E-state index contributed by atoms with van der Waals surface area (Å²) < 4.78 is 7.19. The maximum absolute atomic E-state index is 10.5. The number of halogens is 1. The van der Waals surface area contributed by atoms with Gasteiger partial charge in [-0.1, -0.05) is 6.92 Å². The summed E-state index contributed by atoms with van der Waals surface area (Å²) in [6, 6.07) is 5.43. The Morgan fingerprint density at radius 3 is 2.84 bits per heavy atom. The highest BCUT2D eigenvalue weighted by atomic mass is 127. The molecule has 0 spiro atoms. The van der Waals surface area contributed by atoms with Crippen LogP contribution in [-0.4, -0.2) is 40.5 Å². The van der Waals surface area contributed by atoms with Crippen LogP contribution in [-0.2, 0) is 12.1 Å².